The molecular weight excluding hydrogens is 500 g/mol. The maximum atomic E-state index is 12.8. The van der Waals surface area contributed by atoms with E-state index in [1.807, 2.05) is 0 Å². The molecule has 0 radical (unpaired) electrons. The first-order valence-corrected chi connectivity index (χ1v) is 12.6. The molecule has 0 spiro atoms. The first kappa shape index (κ1) is 22.7. The fourth-order valence-corrected chi connectivity index (χ4v) is 6.93. The fraction of sp³-hybridized carbons (Fsp3) is 0.467. The number of rotatable bonds is 8. The van der Waals surface area contributed by atoms with Crippen molar-refractivity contribution in [3.05, 3.63) is 11.3 Å². The maximum Gasteiger partial charge on any atom is 0.313 e. The van der Waals surface area contributed by atoms with Crippen molar-refractivity contribution < 1.29 is 24.3 Å². The minimum atomic E-state index is -1.13. The molecular formula is C15H16N8O5S4. The van der Waals surface area contributed by atoms with Gasteiger partial charge in [-0.25, -0.2) is 0 Å². The molecule has 13 nitrogen and oxygen atoms in total. The smallest absolute Gasteiger partial charge is 0.313 e. The molecule has 2 fully saturated rings. The summed E-state index contributed by atoms with van der Waals surface area (Å²) < 4.78 is 4.61. The number of nitrogens with one attached hydrogen (secondary N) is 1. The van der Waals surface area contributed by atoms with Crippen molar-refractivity contribution in [2.75, 3.05) is 30.9 Å². The number of fused-ring (bicyclic) bond motifs is 1. The summed E-state index contributed by atoms with van der Waals surface area (Å²) in [5.41, 5.74) is 5.80. The Kier molecular flexibility index (Phi) is 6.50. The van der Waals surface area contributed by atoms with E-state index in [0.717, 1.165) is 11.5 Å². The minimum Gasteiger partial charge on any atom is -0.481 e. The van der Waals surface area contributed by atoms with Crippen LogP contribution in [-0.2, 0) is 19.2 Å². The van der Waals surface area contributed by atoms with E-state index in [1.54, 1.807) is 5.51 Å². The highest BCUT2D eigenvalue weighted by atomic mass is 32.2. The van der Waals surface area contributed by atoms with Gasteiger partial charge in [-0.05, 0) is 0 Å². The number of hydrogen-bond acceptors (Lipinski definition) is 14. The van der Waals surface area contributed by atoms with Crippen molar-refractivity contribution in [1.29, 1.82) is 0 Å². The van der Waals surface area contributed by atoms with Gasteiger partial charge in [0.25, 0.3) is 5.91 Å². The number of carbonyl (C=O) groups excluding carboxylic acids is 2. The third kappa shape index (κ3) is 4.24. The van der Waals surface area contributed by atoms with Crippen LogP contribution in [0.4, 0.5) is 5.13 Å². The molecule has 3 atom stereocenters. The van der Waals surface area contributed by atoms with E-state index in [4.69, 9.17) is 10.6 Å². The molecule has 32 heavy (non-hydrogen) atoms. The Morgan fingerprint density at radius 2 is 2.34 bits per heavy atom. The molecule has 17 heteroatoms. The Morgan fingerprint density at radius 1 is 1.53 bits per heavy atom. The number of aromatic nitrogens is 4. The van der Waals surface area contributed by atoms with Crippen LogP contribution < -0.4 is 11.1 Å². The predicted octanol–water partition coefficient (Wildman–Crippen LogP) is -0.414. The third-order valence-electron chi connectivity index (χ3n) is 4.75. The Labute approximate surface area is 197 Å². The second-order valence-corrected chi connectivity index (χ2v) is 10.7. The molecule has 2 saturated heterocycles. The van der Waals surface area contributed by atoms with Gasteiger partial charge in [0.2, 0.25) is 17.4 Å². The average Bonchev–Trinajstić information content (AvgIpc) is 3.45. The first-order chi connectivity index (χ1) is 15.3. The number of nitrogen functional groups attached to an aromatic ring is 1. The number of thioether (sulfide) groups is 2. The van der Waals surface area contributed by atoms with Gasteiger partial charge in [-0.15, -0.1) is 22.0 Å². The Hall–Kier alpha value is -2.50. The highest BCUT2D eigenvalue weighted by Gasteiger charge is 2.57. The second-order valence-electron chi connectivity index (χ2n) is 6.78. The lowest BCUT2D eigenvalue weighted by Crippen LogP contribution is -2.74. The molecule has 4 N–H and O–H groups in total. The first-order valence-electron chi connectivity index (χ1n) is 8.90. The van der Waals surface area contributed by atoms with Gasteiger partial charge in [-0.2, -0.15) is 9.36 Å². The van der Waals surface area contributed by atoms with Gasteiger partial charge in [-0.1, -0.05) is 28.3 Å². The summed E-state index contributed by atoms with van der Waals surface area (Å²) in [6.07, 6.45) is 0. The van der Waals surface area contributed by atoms with Gasteiger partial charge in [0.05, 0.1) is 0 Å². The molecule has 2 aliphatic heterocycles. The summed E-state index contributed by atoms with van der Waals surface area (Å²) in [4.78, 5) is 47.6. The number of anilines is 1. The molecule has 2 amide bonds. The van der Waals surface area contributed by atoms with E-state index in [1.165, 1.54) is 46.9 Å². The van der Waals surface area contributed by atoms with Crippen LogP contribution in [0.3, 0.4) is 0 Å². The number of carboxylic acid groups (broad SMARTS) is 1. The number of carboxylic acids is 1. The normalized spacial score (nSPS) is 25.1. The second kappa shape index (κ2) is 9.16. The molecule has 4 heterocycles. The highest BCUT2D eigenvalue weighted by molar-refractivity contribution is 8.01. The highest BCUT2D eigenvalue weighted by Crippen LogP contribution is 2.44. The van der Waals surface area contributed by atoms with Crippen molar-refractivity contribution in [3.8, 4) is 0 Å². The zero-order valence-electron chi connectivity index (χ0n) is 16.3. The summed E-state index contributed by atoms with van der Waals surface area (Å²) in [7, 11) is 1.27. The lowest BCUT2D eigenvalue weighted by Gasteiger charge is -2.53. The molecule has 170 valence electrons. The van der Waals surface area contributed by atoms with E-state index in [2.05, 4.69) is 30.0 Å². The van der Waals surface area contributed by atoms with Crippen LogP contribution in [-0.4, -0.2) is 89.6 Å². The molecule has 0 bridgehead atoms. The largest absolute Gasteiger partial charge is 0.481 e. The van der Waals surface area contributed by atoms with Gasteiger partial charge in [0.15, 0.2) is 9.47 Å². The Balaban J connectivity index is 1.42. The lowest BCUT2D eigenvalue weighted by molar-refractivity contribution is -0.157. The van der Waals surface area contributed by atoms with Crippen LogP contribution in [0.15, 0.2) is 15.0 Å². The minimum absolute atomic E-state index is 0.00892. The molecule has 2 unspecified atom stereocenters. The number of oxime groups is 1. The number of amides is 2. The van der Waals surface area contributed by atoms with Gasteiger partial charge in [-0.3, -0.25) is 14.4 Å². The monoisotopic (exact) mass is 516 g/mol. The van der Waals surface area contributed by atoms with Crippen LogP contribution in [0.1, 0.15) is 5.82 Å². The standard InChI is InChI=1S/C15H16N8O5S4/c1-28-21-6(8-19-13(16)32-22-8)9(24)18-7-10(25)23-2-15(12(26)27,3-29-11(7)23)4-30-14-20-17-5-31-14/h5,7,11H,2-4H2,1H3,(H,18,24)(H,26,27)(H2,16,19,22)/t7?,11-,15?/m1/s1. The van der Waals surface area contributed by atoms with Crippen molar-refractivity contribution in [3.63, 3.8) is 0 Å². The maximum absolute atomic E-state index is 12.8. The van der Waals surface area contributed by atoms with Crippen LogP contribution in [0.2, 0.25) is 0 Å². The molecule has 2 aromatic heterocycles. The van der Waals surface area contributed by atoms with E-state index in [9.17, 15) is 19.5 Å². The summed E-state index contributed by atoms with van der Waals surface area (Å²) >= 11 is 4.83. The Bertz CT molecular complexity index is 1060. The van der Waals surface area contributed by atoms with Crippen molar-refractivity contribution in [2.45, 2.75) is 15.8 Å². The third-order valence-corrected chi connectivity index (χ3v) is 9.03. The SMILES string of the molecule is CON=C(C(=O)NC1C(=O)N2CC(CSc3nncs3)(C(=O)O)CS[C@H]12)c1nsc(N)n1. The number of aliphatic carboxylic acids is 1. The van der Waals surface area contributed by atoms with Crippen LogP contribution in [0.25, 0.3) is 0 Å². The summed E-state index contributed by atoms with van der Waals surface area (Å²) in [5, 5.41) is 23.6. The topological polar surface area (TPSA) is 186 Å². The van der Waals surface area contributed by atoms with Crippen LogP contribution in [0, 0.1) is 5.41 Å². The zero-order chi connectivity index (χ0) is 22.9. The van der Waals surface area contributed by atoms with Crippen molar-refractivity contribution in [1.82, 2.24) is 29.8 Å². The van der Waals surface area contributed by atoms with Gasteiger partial charge in [0, 0.05) is 29.6 Å². The van der Waals surface area contributed by atoms with Gasteiger partial charge >= 0.3 is 5.97 Å². The molecule has 2 aliphatic rings. The summed E-state index contributed by atoms with van der Waals surface area (Å²) in [6, 6.07) is -0.826. The van der Waals surface area contributed by atoms with Gasteiger partial charge in [0.1, 0.15) is 29.5 Å². The zero-order valence-corrected chi connectivity index (χ0v) is 19.6. The quantitative estimate of drug-likeness (QED) is 0.178. The molecule has 0 aliphatic carbocycles. The lowest BCUT2D eigenvalue weighted by atomic mass is 9.89. The number of hydrogen-bond donors (Lipinski definition) is 3. The van der Waals surface area contributed by atoms with Gasteiger partial charge < -0.3 is 25.9 Å². The number of nitrogens with two attached hydrogens (primary N) is 1. The molecule has 4 rings (SSSR count). The molecule has 0 saturated carbocycles. The van der Waals surface area contributed by atoms with Crippen LogP contribution in [0.5, 0.6) is 0 Å². The Morgan fingerprint density at radius 3 is 2.97 bits per heavy atom. The number of carbonyl (C=O) groups is 3. The van der Waals surface area contributed by atoms with Crippen molar-refractivity contribution >= 4 is 75.0 Å². The van der Waals surface area contributed by atoms with E-state index < -0.39 is 23.3 Å². The summed E-state index contributed by atoms with van der Waals surface area (Å²) in [6.45, 7) is 0.0419. The average molecular weight is 517 g/mol. The molecule has 0 aromatic carbocycles. The van der Waals surface area contributed by atoms with Crippen LogP contribution >= 0.6 is 46.4 Å². The predicted molar refractivity (Wildman–Crippen MR) is 118 cm³/mol. The molecule has 2 aromatic rings. The number of β-lactam (4-membered cyclic amide) rings is 1. The van der Waals surface area contributed by atoms with Crippen molar-refractivity contribution in [2.24, 2.45) is 10.6 Å². The number of nitrogens with zero attached hydrogens (tertiary/aromatic N) is 6. The van der Waals surface area contributed by atoms with E-state index in [0.29, 0.717) is 4.34 Å². The van der Waals surface area contributed by atoms with E-state index >= 15 is 0 Å². The fourth-order valence-electron chi connectivity index (χ4n) is 3.15. The summed E-state index contributed by atoms with van der Waals surface area (Å²) in [5.74, 6) is -1.53. The van der Waals surface area contributed by atoms with E-state index in [-0.39, 0.29) is 46.0 Å².